The van der Waals surface area contributed by atoms with Gasteiger partial charge >= 0.3 is 5.97 Å². The lowest BCUT2D eigenvalue weighted by molar-refractivity contribution is -0.139. The minimum absolute atomic E-state index is 0.153. The molecule has 0 aromatic heterocycles. The van der Waals surface area contributed by atoms with Gasteiger partial charge in [0.2, 0.25) is 5.91 Å². The monoisotopic (exact) mass is 305 g/mol. The molecular weight excluding hydrogens is 282 g/mol. The number of hydrogen-bond acceptors (Lipinski definition) is 3. The highest BCUT2D eigenvalue weighted by atomic mass is 16.5. The number of hydrogen-bond donors (Lipinski definition) is 1. The molecule has 0 heterocycles. The van der Waals surface area contributed by atoms with Crippen molar-refractivity contribution in [3.8, 4) is 5.75 Å². The van der Waals surface area contributed by atoms with Gasteiger partial charge in [-0.25, -0.2) is 4.79 Å². The lowest BCUT2D eigenvalue weighted by atomic mass is 10.0. The number of rotatable bonds is 7. The molecule has 0 aliphatic heterocycles. The van der Waals surface area contributed by atoms with E-state index in [4.69, 9.17) is 9.84 Å². The van der Waals surface area contributed by atoms with Crippen molar-refractivity contribution in [1.29, 1.82) is 0 Å². The Labute approximate surface area is 130 Å². The second kappa shape index (κ2) is 6.38. The van der Waals surface area contributed by atoms with Gasteiger partial charge in [0.05, 0.1) is 0 Å². The summed E-state index contributed by atoms with van der Waals surface area (Å²) in [5.41, 5.74) is 1.18. The van der Waals surface area contributed by atoms with Crippen LogP contribution in [0.4, 0.5) is 0 Å². The molecule has 1 aliphatic rings. The Bertz CT molecular complexity index is 554. The first-order valence-corrected chi connectivity index (χ1v) is 7.54. The van der Waals surface area contributed by atoms with Crippen LogP contribution in [0.15, 0.2) is 24.3 Å². The minimum atomic E-state index is -1.00. The Morgan fingerprint density at radius 3 is 2.50 bits per heavy atom. The van der Waals surface area contributed by atoms with Gasteiger partial charge in [0.25, 0.3) is 0 Å². The lowest BCUT2D eigenvalue weighted by Gasteiger charge is -2.19. The van der Waals surface area contributed by atoms with Gasteiger partial charge in [-0.1, -0.05) is 26.0 Å². The zero-order chi connectivity index (χ0) is 16.3. The lowest BCUT2D eigenvalue weighted by Crippen LogP contribution is -2.29. The molecule has 1 fully saturated rings. The third-order valence-corrected chi connectivity index (χ3v) is 4.54. The van der Waals surface area contributed by atoms with Gasteiger partial charge in [-0.05, 0) is 36.0 Å². The smallest absolute Gasteiger partial charge is 0.341 e. The van der Waals surface area contributed by atoms with Crippen LogP contribution in [-0.2, 0) is 16.1 Å². The van der Waals surface area contributed by atoms with E-state index < -0.39 is 5.97 Å². The molecule has 5 nitrogen and oxygen atoms in total. The molecule has 0 bridgehead atoms. The fraction of sp³-hybridized carbons (Fsp3) is 0.529. The van der Waals surface area contributed by atoms with Crippen LogP contribution in [0.3, 0.4) is 0 Å². The van der Waals surface area contributed by atoms with E-state index in [1.165, 1.54) is 0 Å². The average Bonchev–Trinajstić information content (AvgIpc) is 3.18. The Morgan fingerprint density at radius 1 is 1.36 bits per heavy atom. The maximum Gasteiger partial charge on any atom is 0.341 e. The molecule has 1 saturated carbocycles. The van der Waals surface area contributed by atoms with Gasteiger partial charge < -0.3 is 14.7 Å². The molecular formula is C17H23NO4. The van der Waals surface area contributed by atoms with Crippen molar-refractivity contribution < 1.29 is 19.4 Å². The number of nitrogens with zero attached hydrogens (tertiary/aromatic N) is 1. The van der Waals surface area contributed by atoms with Gasteiger partial charge in [0.1, 0.15) is 5.75 Å². The number of aliphatic carboxylic acids is 1. The predicted molar refractivity (Wildman–Crippen MR) is 82.6 cm³/mol. The molecule has 2 rings (SSSR count). The summed E-state index contributed by atoms with van der Waals surface area (Å²) >= 11 is 0. The SMILES string of the molecule is CCC1(C)CC1C(=O)N(C)Cc1ccc(OCC(=O)O)cc1. The maximum absolute atomic E-state index is 12.4. The van der Waals surface area contributed by atoms with Crippen LogP contribution in [0.2, 0.25) is 0 Å². The summed E-state index contributed by atoms with van der Waals surface area (Å²) in [7, 11) is 1.82. The summed E-state index contributed by atoms with van der Waals surface area (Å²) in [4.78, 5) is 24.6. The zero-order valence-electron chi connectivity index (χ0n) is 13.3. The van der Waals surface area contributed by atoms with E-state index in [-0.39, 0.29) is 23.8 Å². The van der Waals surface area contributed by atoms with Crippen molar-refractivity contribution >= 4 is 11.9 Å². The molecule has 1 N–H and O–H groups in total. The van der Waals surface area contributed by atoms with Crippen LogP contribution < -0.4 is 4.74 Å². The van der Waals surface area contributed by atoms with E-state index in [2.05, 4.69) is 13.8 Å². The summed E-state index contributed by atoms with van der Waals surface area (Å²) < 4.78 is 5.08. The fourth-order valence-corrected chi connectivity index (χ4v) is 2.64. The molecule has 0 radical (unpaired) electrons. The Balaban J connectivity index is 1.88. The van der Waals surface area contributed by atoms with E-state index >= 15 is 0 Å². The van der Waals surface area contributed by atoms with Gasteiger partial charge in [0, 0.05) is 19.5 Å². The van der Waals surface area contributed by atoms with Crippen LogP contribution in [0.25, 0.3) is 0 Å². The summed E-state index contributed by atoms with van der Waals surface area (Å²) in [5, 5.41) is 8.56. The van der Waals surface area contributed by atoms with Crippen LogP contribution in [-0.4, -0.2) is 35.5 Å². The number of carbonyl (C=O) groups is 2. The maximum atomic E-state index is 12.4. The van der Waals surface area contributed by atoms with Crippen molar-refractivity contribution in [2.24, 2.45) is 11.3 Å². The normalized spacial score (nSPS) is 23.0. The van der Waals surface area contributed by atoms with E-state index in [0.717, 1.165) is 18.4 Å². The zero-order valence-corrected chi connectivity index (χ0v) is 13.3. The first-order chi connectivity index (χ1) is 10.4. The molecule has 0 spiro atoms. The highest BCUT2D eigenvalue weighted by Crippen LogP contribution is 2.55. The van der Waals surface area contributed by atoms with Crippen molar-refractivity contribution in [1.82, 2.24) is 4.90 Å². The largest absolute Gasteiger partial charge is 0.482 e. The summed E-state index contributed by atoms with van der Waals surface area (Å²) in [6, 6.07) is 7.16. The van der Waals surface area contributed by atoms with E-state index in [9.17, 15) is 9.59 Å². The third kappa shape index (κ3) is 3.78. The molecule has 1 amide bonds. The third-order valence-electron chi connectivity index (χ3n) is 4.54. The quantitative estimate of drug-likeness (QED) is 0.840. The van der Waals surface area contributed by atoms with Gasteiger partial charge in [0.15, 0.2) is 6.61 Å². The Hall–Kier alpha value is -2.04. The van der Waals surface area contributed by atoms with Crippen molar-refractivity contribution in [2.75, 3.05) is 13.7 Å². The summed E-state index contributed by atoms with van der Waals surface area (Å²) in [6.45, 7) is 4.49. The van der Waals surface area contributed by atoms with Gasteiger partial charge in [-0.3, -0.25) is 4.79 Å². The van der Waals surface area contributed by atoms with Gasteiger partial charge in [-0.2, -0.15) is 0 Å². The number of carbonyl (C=O) groups excluding carboxylic acids is 1. The molecule has 1 aromatic rings. The highest BCUT2D eigenvalue weighted by molar-refractivity contribution is 5.82. The number of carboxylic acid groups (broad SMARTS) is 1. The summed E-state index contributed by atoms with van der Waals surface area (Å²) in [6.07, 6.45) is 2.02. The predicted octanol–water partition coefficient (Wildman–Crippen LogP) is 2.54. The van der Waals surface area contributed by atoms with E-state index in [1.807, 2.05) is 19.2 Å². The average molecular weight is 305 g/mol. The molecule has 2 unspecified atom stereocenters. The molecule has 0 saturated heterocycles. The van der Waals surface area contributed by atoms with E-state index in [0.29, 0.717) is 12.3 Å². The first kappa shape index (κ1) is 16.3. The van der Waals surface area contributed by atoms with Crippen LogP contribution >= 0.6 is 0 Å². The Morgan fingerprint density at radius 2 is 2.00 bits per heavy atom. The molecule has 120 valence electrons. The second-order valence-corrected chi connectivity index (χ2v) is 6.28. The highest BCUT2D eigenvalue weighted by Gasteiger charge is 2.53. The summed E-state index contributed by atoms with van der Waals surface area (Å²) in [5.74, 6) is -0.130. The fourth-order valence-electron chi connectivity index (χ4n) is 2.64. The molecule has 5 heteroatoms. The number of benzene rings is 1. The number of carboxylic acids is 1. The van der Waals surface area contributed by atoms with Crippen LogP contribution in [0.1, 0.15) is 32.3 Å². The van der Waals surface area contributed by atoms with Crippen molar-refractivity contribution in [3.05, 3.63) is 29.8 Å². The second-order valence-electron chi connectivity index (χ2n) is 6.28. The standard InChI is InChI=1S/C17H23NO4/c1-4-17(2)9-14(17)16(21)18(3)10-12-5-7-13(8-6-12)22-11-15(19)20/h5-8,14H,4,9-11H2,1-3H3,(H,19,20). The molecule has 22 heavy (non-hydrogen) atoms. The van der Waals surface area contributed by atoms with Crippen LogP contribution in [0.5, 0.6) is 5.75 Å². The van der Waals surface area contributed by atoms with Crippen LogP contribution in [0, 0.1) is 11.3 Å². The molecule has 1 aromatic carbocycles. The van der Waals surface area contributed by atoms with Crippen molar-refractivity contribution in [3.63, 3.8) is 0 Å². The number of amides is 1. The van der Waals surface area contributed by atoms with Crippen molar-refractivity contribution in [2.45, 2.75) is 33.2 Å². The topological polar surface area (TPSA) is 66.8 Å². The van der Waals surface area contributed by atoms with Gasteiger partial charge in [-0.15, -0.1) is 0 Å². The molecule has 2 atom stereocenters. The molecule has 1 aliphatic carbocycles. The first-order valence-electron chi connectivity index (χ1n) is 7.54. The van der Waals surface area contributed by atoms with E-state index in [1.54, 1.807) is 17.0 Å². The minimum Gasteiger partial charge on any atom is -0.482 e. The number of ether oxygens (including phenoxy) is 1. The Kier molecular flexibility index (Phi) is 4.74.